The second-order valence-corrected chi connectivity index (χ2v) is 7.64. The average molecular weight is 398 g/mol. The van der Waals surface area contributed by atoms with E-state index in [9.17, 15) is 23.4 Å². The molecule has 0 radical (unpaired) electrons. The van der Waals surface area contributed by atoms with Gasteiger partial charge < -0.3 is 10.2 Å². The summed E-state index contributed by atoms with van der Waals surface area (Å²) in [7, 11) is 0. The average Bonchev–Trinajstić information content (AvgIpc) is 2.55. The van der Waals surface area contributed by atoms with Crippen LogP contribution in [0, 0.1) is 11.3 Å². The zero-order valence-corrected chi connectivity index (χ0v) is 15.6. The highest BCUT2D eigenvalue weighted by atomic mass is 35.5. The number of rotatable bonds is 5. The molecule has 0 heterocycles. The number of aromatic hydroxyl groups is 1. The van der Waals surface area contributed by atoms with Crippen LogP contribution < -0.4 is 0 Å². The number of benzene rings is 2. The molecular formula is C20H19ClF3NO2. The van der Waals surface area contributed by atoms with E-state index in [-0.39, 0.29) is 21.9 Å². The molecule has 2 rings (SSSR count). The molecule has 7 heteroatoms. The minimum atomic E-state index is -4.89. The summed E-state index contributed by atoms with van der Waals surface area (Å²) in [6.45, 7) is 3.19. The van der Waals surface area contributed by atoms with E-state index in [1.54, 1.807) is 13.8 Å². The van der Waals surface area contributed by atoms with Gasteiger partial charge in [-0.2, -0.15) is 18.4 Å². The van der Waals surface area contributed by atoms with E-state index in [0.717, 1.165) is 0 Å². The van der Waals surface area contributed by atoms with E-state index in [4.69, 9.17) is 16.9 Å². The molecule has 2 aromatic rings. The Morgan fingerprint density at radius 3 is 2.15 bits per heavy atom. The van der Waals surface area contributed by atoms with Gasteiger partial charge in [0.2, 0.25) is 0 Å². The molecule has 144 valence electrons. The predicted octanol–water partition coefficient (Wildman–Crippen LogP) is 5.12. The topological polar surface area (TPSA) is 64.2 Å². The Morgan fingerprint density at radius 2 is 1.67 bits per heavy atom. The van der Waals surface area contributed by atoms with Crippen molar-refractivity contribution in [3.05, 3.63) is 64.2 Å². The molecule has 0 aliphatic carbocycles. The van der Waals surface area contributed by atoms with Gasteiger partial charge in [-0.25, -0.2) is 0 Å². The lowest BCUT2D eigenvalue weighted by molar-refractivity contribution is -0.266. The van der Waals surface area contributed by atoms with Gasteiger partial charge in [-0.15, -0.1) is 0 Å². The summed E-state index contributed by atoms with van der Waals surface area (Å²) in [5.41, 5.74) is -3.17. The van der Waals surface area contributed by atoms with Gasteiger partial charge in [-0.05, 0) is 47.2 Å². The number of halogens is 4. The van der Waals surface area contributed by atoms with Crippen LogP contribution in [0.1, 0.15) is 37.0 Å². The van der Waals surface area contributed by atoms with E-state index in [2.05, 4.69) is 0 Å². The minimum Gasteiger partial charge on any atom is -0.508 e. The highest BCUT2D eigenvalue weighted by molar-refractivity contribution is 6.31. The lowest BCUT2D eigenvalue weighted by atomic mass is 9.73. The van der Waals surface area contributed by atoms with Crippen LogP contribution in [0.2, 0.25) is 5.02 Å². The number of phenolic OH excluding ortho intramolecular Hbond substituents is 1. The van der Waals surface area contributed by atoms with Gasteiger partial charge in [-0.3, -0.25) is 0 Å². The molecular weight excluding hydrogens is 379 g/mol. The number of alkyl halides is 3. The van der Waals surface area contributed by atoms with Crippen molar-refractivity contribution >= 4 is 11.6 Å². The normalized spacial score (nSPS) is 14.4. The Kier molecular flexibility index (Phi) is 5.79. The fourth-order valence-electron chi connectivity index (χ4n) is 3.08. The van der Waals surface area contributed by atoms with E-state index >= 15 is 0 Å². The van der Waals surface area contributed by atoms with Crippen LogP contribution in [0.4, 0.5) is 13.2 Å². The van der Waals surface area contributed by atoms with Crippen molar-refractivity contribution in [2.24, 2.45) is 0 Å². The Morgan fingerprint density at radius 1 is 1.07 bits per heavy atom. The fraction of sp³-hybridized carbons (Fsp3) is 0.350. The highest BCUT2D eigenvalue weighted by Crippen LogP contribution is 2.43. The van der Waals surface area contributed by atoms with Crippen molar-refractivity contribution in [1.82, 2.24) is 0 Å². The standard InChI is InChI=1S/C20H19ClF3NO2/c1-18(2,15-5-7-16(26)8-6-15)12-19(27,20(22,23)24)10-14-4-3-13(11-25)9-17(14)21/h3-9,26-27H,10,12H2,1-2H3. The number of aliphatic hydroxyl groups is 1. The summed E-state index contributed by atoms with van der Waals surface area (Å²) in [6, 6.07) is 11.7. The van der Waals surface area contributed by atoms with E-state index in [1.165, 1.54) is 42.5 Å². The van der Waals surface area contributed by atoms with Gasteiger partial charge in [-0.1, -0.05) is 43.6 Å². The molecule has 0 aliphatic heterocycles. The zero-order chi connectivity index (χ0) is 20.5. The first-order valence-electron chi connectivity index (χ1n) is 8.15. The Labute approximate surface area is 160 Å². The van der Waals surface area contributed by atoms with Crippen LogP contribution >= 0.6 is 11.6 Å². The van der Waals surface area contributed by atoms with Gasteiger partial charge in [0.15, 0.2) is 5.60 Å². The summed E-state index contributed by atoms with van der Waals surface area (Å²) in [5, 5.41) is 28.8. The second-order valence-electron chi connectivity index (χ2n) is 7.23. The molecule has 3 nitrogen and oxygen atoms in total. The summed E-state index contributed by atoms with van der Waals surface area (Å²) in [5.74, 6) is 0.00463. The maximum atomic E-state index is 13.8. The van der Waals surface area contributed by atoms with Crippen LogP contribution in [0.5, 0.6) is 5.75 Å². The lowest BCUT2D eigenvalue weighted by Crippen LogP contribution is -2.50. The molecule has 0 fully saturated rings. The highest BCUT2D eigenvalue weighted by Gasteiger charge is 2.55. The molecule has 0 aliphatic rings. The fourth-order valence-corrected chi connectivity index (χ4v) is 3.33. The van der Waals surface area contributed by atoms with E-state index in [0.29, 0.717) is 5.56 Å². The van der Waals surface area contributed by atoms with Crippen LogP contribution in [-0.4, -0.2) is 22.0 Å². The van der Waals surface area contributed by atoms with Crippen LogP contribution in [-0.2, 0) is 11.8 Å². The SMILES string of the molecule is CC(C)(CC(O)(Cc1ccc(C#N)cc1Cl)C(F)(F)F)c1ccc(O)cc1. The molecule has 27 heavy (non-hydrogen) atoms. The molecule has 0 amide bonds. The van der Waals surface area contributed by atoms with Crippen molar-refractivity contribution in [2.45, 2.75) is 43.9 Å². The molecule has 0 aromatic heterocycles. The summed E-state index contributed by atoms with van der Waals surface area (Å²) in [4.78, 5) is 0. The molecule has 0 spiro atoms. The van der Waals surface area contributed by atoms with Gasteiger partial charge >= 0.3 is 6.18 Å². The molecule has 2 N–H and O–H groups in total. The molecule has 1 atom stereocenters. The number of hydrogen-bond donors (Lipinski definition) is 2. The summed E-state index contributed by atoms with van der Waals surface area (Å²) >= 11 is 6.01. The zero-order valence-electron chi connectivity index (χ0n) is 14.8. The second kappa shape index (κ2) is 7.41. The molecule has 0 bridgehead atoms. The van der Waals surface area contributed by atoms with E-state index < -0.39 is 30.0 Å². The van der Waals surface area contributed by atoms with Crippen LogP contribution in [0.3, 0.4) is 0 Å². The van der Waals surface area contributed by atoms with Crippen molar-refractivity contribution < 1.29 is 23.4 Å². The predicted molar refractivity (Wildman–Crippen MR) is 96.6 cm³/mol. The number of nitrogens with zero attached hydrogens (tertiary/aromatic N) is 1. The monoisotopic (exact) mass is 397 g/mol. The largest absolute Gasteiger partial charge is 0.508 e. The van der Waals surface area contributed by atoms with Crippen molar-refractivity contribution in [3.63, 3.8) is 0 Å². The number of hydrogen-bond acceptors (Lipinski definition) is 3. The lowest BCUT2D eigenvalue weighted by Gasteiger charge is -2.38. The van der Waals surface area contributed by atoms with Crippen LogP contribution in [0.25, 0.3) is 0 Å². The third-order valence-electron chi connectivity index (χ3n) is 4.58. The summed E-state index contributed by atoms with van der Waals surface area (Å²) < 4.78 is 41.4. The maximum Gasteiger partial charge on any atom is 0.417 e. The first-order valence-corrected chi connectivity index (χ1v) is 8.53. The smallest absolute Gasteiger partial charge is 0.417 e. The van der Waals surface area contributed by atoms with Gasteiger partial charge in [0, 0.05) is 11.4 Å². The Balaban J connectivity index is 2.39. The molecule has 2 aromatic carbocycles. The van der Waals surface area contributed by atoms with Gasteiger partial charge in [0.05, 0.1) is 11.6 Å². The van der Waals surface area contributed by atoms with Crippen molar-refractivity contribution in [3.8, 4) is 11.8 Å². The first kappa shape index (κ1) is 21.1. The first-order chi connectivity index (χ1) is 12.4. The third-order valence-corrected chi connectivity index (χ3v) is 4.93. The number of nitriles is 1. The quantitative estimate of drug-likeness (QED) is 0.735. The molecule has 0 saturated carbocycles. The minimum absolute atomic E-state index is 0.000774. The third kappa shape index (κ3) is 4.74. The molecule has 1 unspecified atom stereocenters. The van der Waals surface area contributed by atoms with Crippen molar-refractivity contribution in [1.29, 1.82) is 5.26 Å². The molecule has 0 saturated heterocycles. The van der Waals surface area contributed by atoms with Crippen molar-refractivity contribution in [2.75, 3.05) is 0 Å². The van der Waals surface area contributed by atoms with Gasteiger partial charge in [0.25, 0.3) is 0 Å². The number of phenols is 1. The maximum absolute atomic E-state index is 13.8. The van der Waals surface area contributed by atoms with Crippen LogP contribution in [0.15, 0.2) is 42.5 Å². The van der Waals surface area contributed by atoms with E-state index in [1.807, 2.05) is 6.07 Å². The Hall–Kier alpha value is -2.23. The van der Waals surface area contributed by atoms with Gasteiger partial charge in [0.1, 0.15) is 5.75 Å². The Bertz CT molecular complexity index is 857. The summed E-state index contributed by atoms with van der Waals surface area (Å²) in [6.07, 6.45) is -6.23.